The highest BCUT2D eigenvalue weighted by Crippen LogP contribution is 2.34. The Bertz CT molecular complexity index is 789. The Hall–Kier alpha value is -1.21. The van der Waals surface area contributed by atoms with Crippen LogP contribution in [0.1, 0.15) is 0 Å². The fourth-order valence-corrected chi connectivity index (χ4v) is 3.66. The van der Waals surface area contributed by atoms with Crippen molar-refractivity contribution in [1.82, 2.24) is 0 Å². The Kier molecular flexibility index (Phi) is 4.53. The standard InChI is InChI=1S/C12H8Cl3FN2O2S/c13-6-1-2-11(10(17)3-6)21(19,20)18-12-8(14)4-7(16)5-9(12)15/h1-5,18H,17H2. The Labute approximate surface area is 135 Å². The molecule has 2 rings (SSSR count). The van der Waals surface area contributed by atoms with Crippen LogP contribution in [0.5, 0.6) is 0 Å². The van der Waals surface area contributed by atoms with Crippen molar-refractivity contribution in [2.75, 3.05) is 10.5 Å². The van der Waals surface area contributed by atoms with Gasteiger partial charge in [-0.15, -0.1) is 0 Å². The summed E-state index contributed by atoms with van der Waals surface area (Å²) < 4.78 is 39.8. The fourth-order valence-electron chi connectivity index (χ4n) is 1.59. The molecule has 2 aromatic carbocycles. The predicted molar refractivity (Wildman–Crippen MR) is 83.1 cm³/mol. The van der Waals surface area contributed by atoms with Crippen molar-refractivity contribution in [3.8, 4) is 0 Å². The molecule has 4 nitrogen and oxygen atoms in total. The molecule has 0 unspecified atom stereocenters. The number of benzene rings is 2. The van der Waals surface area contributed by atoms with Crippen LogP contribution < -0.4 is 10.5 Å². The van der Waals surface area contributed by atoms with Crippen molar-refractivity contribution in [3.63, 3.8) is 0 Å². The first kappa shape index (κ1) is 16.2. The van der Waals surface area contributed by atoms with Crippen LogP contribution in [-0.4, -0.2) is 8.42 Å². The molecule has 0 aliphatic heterocycles. The largest absolute Gasteiger partial charge is 0.398 e. The maximum Gasteiger partial charge on any atom is 0.264 e. The molecule has 0 saturated carbocycles. The molecule has 0 aromatic heterocycles. The maximum atomic E-state index is 13.1. The lowest BCUT2D eigenvalue weighted by atomic mass is 10.3. The summed E-state index contributed by atoms with van der Waals surface area (Å²) in [6, 6.07) is 5.79. The van der Waals surface area contributed by atoms with Gasteiger partial charge in [0.15, 0.2) is 0 Å². The normalized spacial score (nSPS) is 11.4. The van der Waals surface area contributed by atoms with Crippen molar-refractivity contribution in [2.45, 2.75) is 4.90 Å². The topological polar surface area (TPSA) is 72.2 Å². The van der Waals surface area contributed by atoms with Gasteiger partial charge in [-0.1, -0.05) is 34.8 Å². The van der Waals surface area contributed by atoms with Gasteiger partial charge in [0.1, 0.15) is 10.7 Å². The van der Waals surface area contributed by atoms with Crippen molar-refractivity contribution < 1.29 is 12.8 Å². The summed E-state index contributed by atoms with van der Waals surface area (Å²) in [7, 11) is -4.04. The minimum absolute atomic E-state index is 0.0376. The van der Waals surface area contributed by atoms with Gasteiger partial charge in [-0.3, -0.25) is 4.72 Å². The molecule has 0 spiro atoms. The highest BCUT2D eigenvalue weighted by molar-refractivity contribution is 7.93. The summed E-state index contributed by atoms with van der Waals surface area (Å²) in [5.74, 6) is -0.682. The SMILES string of the molecule is Nc1cc(Cl)ccc1S(=O)(=O)Nc1c(Cl)cc(F)cc1Cl. The van der Waals surface area contributed by atoms with E-state index in [2.05, 4.69) is 4.72 Å². The molecule has 0 aliphatic carbocycles. The van der Waals surface area contributed by atoms with Gasteiger partial charge >= 0.3 is 0 Å². The molecule has 2 aromatic rings. The first-order valence-corrected chi connectivity index (χ1v) is 8.05. The van der Waals surface area contributed by atoms with Gasteiger partial charge in [-0.25, -0.2) is 12.8 Å². The van der Waals surface area contributed by atoms with E-state index < -0.39 is 15.8 Å². The Morgan fingerprint density at radius 3 is 2.14 bits per heavy atom. The molecule has 0 fully saturated rings. The van der Waals surface area contributed by atoms with Crippen molar-refractivity contribution in [2.24, 2.45) is 0 Å². The molecule has 3 N–H and O–H groups in total. The second-order valence-corrected chi connectivity index (χ2v) is 6.93. The first-order valence-electron chi connectivity index (χ1n) is 5.43. The van der Waals surface area contributed by atoms with Crippen LogP contribution in [0.4, 0.5) is 15.8 Å². The van der Waals surface area contributed by atoms with Crippen LogP contribution in [-0.2, 0) is 10.0 Å². The lowest BCUT2D eigenvalue weighted by Crippen LogP contribution is -2.15. The van der Waals surface area contributed by atoms with Gasteiger partial charge in [-0.05, 0) is 30.3 Å². The maximum absolute atomic E-state index is 13.1. The van der Waals surface area contributed by atoms with E-state index >= 15 is 0 Å². The summed E-state index contributed by atoms with van der Waals surface area (Å²) in [6.07, 6.45) is 0. The number of rotatable bonds is 3. The number of nitrogens with two attached hydrogens (primary N) is 1. The van der Waals surface area contributed by atoms with E-state index in [1.165, 1.54) is 18.2 Å². The summed E-state index contributed by atoms with van der Waals surface area (Å²) in [5, 5.41) is -0.0449. The molecule has 0 heterocycles. The number of hydrogen-bond acceptors (Lipinski definition) is 3. The molecule has 0 bridgehead atoms. The van der Waals surface area contributed by atoms with Crippen molar-refractivity contribution in [3.05, 3.63) is 51.2 Å². The van der Waals surface area contributed by atoms with Crippen LogP contribution in [0.3, 0.4) is 0 Å². The third-order valence-corrected chi connectivity index (χ3v) is 4.76. The van der Waals surface area contributed by atoms with Crippen molar-refractivity contribution >= 4 is 56.2 Å². The average molecular weight is 370 g/mol. The van der Waals surface area contributed by atoms with Crippen molar-refractivity contribution in [1.29, 1.82) is 0 Å². The third-order valence-electron chi connectivity index (χ3n) is 2.50. The summed E-state index contributed by atoms with van der Waals surface area (Å²) in [5.41, 5.74) is 5.46. The molecule has 0 amide bonds. The lowest BCUT2D eigenvalue weighted by Gasteiger charge is -2.13. The second-order valence-electron chi connectivity index (χ2n) is 4.03. The van der Waals surface area contributed by atoms with Gasteiger partial charge in [0.2, 0.25) is 0 Å². The quantitative estimate of drug-likeness (QED) is 0.798. The van der Waals surface area contributed by atoms with E-state index in [1.807, 2.05) is 0 Å². The Morgan fingerprint density at radius 1 is 1.05 bits per heavy atom. The first-order chi connectivity index (χ1) is 9.70. The van der Waals surface area contributed by atoms with Gasteiger partial charge in [0.05, 0.1) is 21.4 Å². The molecular weight excluding hydrogens is 362 g/mol. The second kappa shape index (κ2) is 5.88. The molecule has 21 heavy (non-hydrogen) atoms. The summed E-state index contributed by atoms with van der Waals surface area (Å²) in [6.45, 7) is 0. The number of sulfonamides is 1. The highest BCUT2D eigenvalue weighted by atomic mass is 35.5. The van der Waals surface area contributed by atoms with Gasteiger partial charge in [-0.2, -0.15) is 0 Å². The molecule has 0 radical (unpaired) electrons. The molecule has 0 saturated heterocycles. The molecule has 112 valence electrons. The summed E-state index contributed by atoms with van der Waals surface area (Å²) in [4.78, 5) is -0.191. The average Bonchev–Trinajstić information content (AvgIpc) is 2.33. The van der Waals surface area contributed by atoms with E-state index in [4.69, 9.17) is 40.5 Å². The predicted octanol–water partition coefficient (Wildman–Crippen LogP) is 4.17. The molecular formula is C12H8Cl3FN2O2S. The number of halogens is 4. The van der Waals surface area contributed by atoms with E-state index in [9.17, 15) is 12.8 Å². The number of nitrogen functional groups attached to an aromatic ring is 1. The zero-order valence-corrected chi connectivity index (χ0v) is 13.3. The lowest BCUT2D eigenvalue weighted by molar-refractivity contribution is 0.601. The summed E-state index contributed by atoms with van der Waals surface area (Å²) >= 11 is 17.3. The zero-order valence-electron chi connectivity index (χ0n) is 10.2. The number of hydrogen-bond donors (Lipinski definition) is 2. The fraction of sp³-hybridized carbons (Fsp3) is 0. The van der Waals surface area contributed by atoms with Gasteiger partial charge in [0, 0.05) is 5.02 Å². The smallest absolute Gasteiger partial charge is 0.264 e. The zero-order chi connectivity index (χ0) is 15.8. The van der Waals surface area contributed by atoms with Crippen LogP contribution in [0.15, 0.2) is 35.2 Å². The minimum atomic E-state index is -4.04. The Balaban J connectivity index is 2.47. The molecule has 0 aliphatic rings. The van der Waals surface area contributed by atoms with E-state index in [1.54, 1.807) is 0 Å². The number of anilines is 2. The van der Waals surface area contributed by atoms with E-state index in [0.29, 0.717) is 5.02 Å². The van der Waals surface area contributed by atoms with Gasteiger partial charge in [0.25, 0.3) is 10.0 Å². The van der Waals surface area contributed by atoms with Crippen LogP contribution in [0.2, 0.25) is 15.1 Å². The van der Waals surface area contributed by atoms with Gasteiger partial charge < -0.3 is 5.73 Å². The third kappa shape index (κ3) is 3.52. The molecule has 9 heteroatoms. The van der Waals surface area contributed by atoms with Crippen LogP contribution in [0, 0.1) is 5.82 Å². The van der Waals surface area contributed by atoms with E-state index in [0.717, 1.165) is 12.1 Å². The minimum Gasteiger partial charge on any atom is -0.398 e. The number of nitrogens with one attached hydrogen (secondary N) is 1. The monoisotopic (exact) mass is 368 g/mol. The molecule has 0 atom stereocenters. The van der Waals surface area contributed by atoms with E-state index in [-0.39, 0.29) is 26.3 Å². The van der Waals surface area contributed by atoms with Crippen LogP contribution in [0.25, 0.3) is 0 Å². The Morgan fingerprint density at radius 2 is 1.62 bits per heavy atom. The van der Waals surface area contributed by atoms with Crippen LogP contribution >= 0.6 is 34.8 Å². The highest BCUT2D eigenvalue weighted by Gasteiger charge is 2.21.